The van der Waals surface area contributed by atoms with Crippen LogP contribution in [0.1, 0.15) is 19.4 Å². The van der Waals surface area contributed by atoms with Crippen molar-refractivity contribution in [2.75, 3.05) is 31.9 Å². The van der Waals surface area contributed by atoms with Crippen LogP contribution in [0.2, 0.25) is 0 Å². The molecule has 1 aliphatic rings. The smallest absolute Gasteiger partial charge is 0.219 e. The second-order valence-corrected chi connectivity index (χ2v) is 5.34. The number of amides is 1. The van der Waals surface area contributed by atoms with Gasteiger partial charge in [-0.05, 0) is 31.0 Å². The van der Waals surface area contributed by atoms with Crippen molar-refractivity contribution in [2.24, 2.45) is 0 Å². The third-order valence-corrected chi connectivity index (χ3v) is 3.89. The summed E-state index contributed by atoms with van der Waals surface area (Å²) >= 11 is 0. The highest BCUT2D eigenvalue weighted by Gasteiger charge is 2.22. The van der Waals surface area contributed by atoms with Gasteiger partial charge in [0, 0.05) is 44.8 Å². The van der Waals surface area contributed by atoms with E-state index in [0.29, 0.717) is 6.04 Å². The first-order chi connectivity index (χ1) is 9.06. The van der Waals surface area contributed by atoms with Crippen LogP contribution < -0.4 is 5.73 Å². The van der Waals surface area contributed by atoms with Crippen LogP contribution in [-0.4, -0.2) is 47.9 Å². The Morgan fingerprint density at radius 2 is 1.79 bits per heavy atom. The summed E-state index contributed by atoms with van der Waals surface area (Å²) in [7, 11) is 0. The minimum absolute atomic E-state index is 0.186. The van der Waals surface area contributed by atoms with Gasteiger partial charge >= 0.3 is 0 Å². The molecule has 1 aromatic rings. The van der Waals surface area contributed by atoms with Gasteiger partial charge in [0.05, 0.1) is 0 Å². The molecule has 1 amide bonds. The molecule has 1 atom stereocenters. The van der Waals surface area contributed by atoms with E-state index in [0.717, 1.165) is 38.3 Å². The molecule has 1 saturated heterocycles. The van der Waals surface area contributed by atoms with Gasteiger partial charge in [0.2, 0.25) is 5.91 Å². The van der Waals surface area contributed by atoms with E-state index in [1.165, 1.54) is 5.56 Å². The van der Waals surface area contributed by atoms with E-state index >= 15 is 0 Å². The molecule has 1 aromatic carbocycles. The molecular weight excluding hydrogens is 238 g/mol. The molecule has 1 aliphatic heterocycles. The molecule has 0 radical (unpaired) electrons. The van der Waals surface area contributed by atoms with Crippen molar-refractivity contribution >= 4 is 11.6 Å². The Balaban J connectivity index is 1.86. The second kappa shape index (κ2) is 6.06. The minimum atomic E-state index is 0.186. The van der Waals surface area contributed by atoms with E-state index in [9.17, 15) is 4.79 Å². The lowest BCUT2D eigenvalue weighted by Gasteiger charge is -2.37. The van der Waals surface area contributed by atoms with Gasteiger partial charge in [-0.15, -0.1) is 0 Å². The molecule has 2 N–H and O–H groups in total. The molecule has 1 fully saturated rings. The molecule has 1 heterocycles. The maximum absolute atomic E-state index is 11.3. The highest BCUT2D eigenvalue weighted by Crippen LogP contribution is 2.13. The molecule has 4 nitrogen and oxygen atoms in total. The third kappa shape index (κ3) is 3.70. The summed E-state index contributed by atoms with van der Waals surface area (Å²) in [6.07, 6.45) is 1.03. The summed E-state index contributed by atoms with van der Waals surface area (Å²) < 4.78 is 0. The quantitative estimate of drug-likeness (QED) is 0.836. The van der Waals surface area contributed by atoms with Crippen molar-refractivity contribution in [3.8, 4) is 0 Å². The van der Waals surface area contributed by atoms with Crippen LogP contribution in [0.3, 0.4) is 0 Å². The van der Waals surface area contributed by atoms with E-state index in [2.05, 4.69) is 24.0 Å². The summed E-state index contributed by atoms with van der Waals surface area (Å²) in [6, 6.07) is 8.60. The minimum Gasteiger partial charge on any atom is -0.399 e. The second-order valence-electron chi connectivity index (χ2n) is 5.34. The Hall–Kier alpha value is -1.55. The Morgan fingerprint density at radius 1 is 1.21 bits per heavy atom. The SMILES string of the molecule is CC(=O)N1CCN(C(C)Cc2ccc(N)cc2)CC1. The van der Waals surface area contributed by atoms with Gasteiger partial charge in [0.1, 0.15) is 0 Å². The average molecular weight is 261 g/mol. The fourth-order valence-corrected chi connectivity index (χ4v) is 2.60. The van der Waals surface area contributed by atoms with Gasteiger partial charge in [0.15, 0.2) is 0 Å². The van der Waals surface area contributed by atoms with Gasteiger partial charge in [0.25, 0.3) is 0 Å². The molecule has 104 valence electrons. The number of carbonyl (C=O) groups excluding carboxylic acids is 1. The first-order valence-electron chi connectivity index (χ1n) is 6.90. The lowest BCUT2D eigenvalue weighted by Crippen LogP contribution is -2.51. The molecule has 0 aromatic heterocycles. The maximum Gasteiger partial charge on any atom is 0.219 e. The fraction of sp³-hybridized carbons (Fsp3) is 0.533. The molecule has 0 saturated carbocycles. The molecule has 0 spiro atoms. The number of carbonyl (C=O) groups is 1. The first kappa shape index (κ1) is 13.9. The van der Waals surface area contributed by atoms with Crippen LogP contribution in [0.15, 0.2) is 24.3 Å². The normalized spacial score (nSPS) is 18.3. The van der Waals surface area contributed by atoms with Gasteiger partial charge in [-0.3, -0.25) is 9.69 Å². The average Bonchev–Trinajstić information content (AvgIpc) is 2.41. The fourth-order valence-electron chi connectivity index (χ4n) is 2.60. The molecular formula is C15H23N3O. The number of piperazine rings is 1. The van der Waals surface area contributed by atoms with Crippen molar-refractivity contribution in [3.05, 3.63) is 29.8 Å². The van der Waals surface area contributed by atoms with E-state index in [1.54, 1.807) is 6.92 Å². The van der Waals surface area contributed by atoms with Crippen LogP contribution >= 0.6 is 0 Å². The van der Waals surface area contributed by atoms with Gasteiger partial charge in [-0.1, -0.05) is 12.1 Å². The zero-order valence-corrected chi connectivity index (χ0v) is 11.8. The molecule has 19 heavy (non-hydrogen) atoms. The lowest BCUT2D eigenvalue weighted by molar-refractivity contribution is -0.130. The van der Waals surface area contributed by atoms with Crippen LogP contribution in [0.4, 0.5) is 5.69 Å². The molecule has 0 bridgehead atoms. The predicted molar refractivity (Wildman–Crippen MR) is 77.8 cm³/mol. The molecule has 1 unspecified atom stereocenters. The number of benzene rings is 1. The van der Waals surface area contributed by atoms with Crippen molar-refractivity contribution in [1.29, 1.82) is 0 Å². The summed E-state index contributed by atoms with van der Waals surface area (Å²) in [5.74, 6) is 0.186. The molecule has 4 heteroatoms. The Labute approximate surface area is 115 Å². The van der Waals surface area contributed by atoms with Crippen LogP contribution in [-0.2, 0) is 11.2 Å². The van der Waals surface area contributed by atoms with Crippen molar-refractivity contribution in [1.82, 2.24) is 9.80 Å². The molecule has 0 aliphatic carbocycles. The Bertz CT molecular complexity index is 422. The van der Waals surface area contributed by atoms with Crippen LogP contribution in [0.5, 0.6) is 0 Å². The monoisotopic (exact) mass is 261 g/mol. The molecule has 2 rings (SSSR count). The van der Waals surface area contributed by atoms with Crippen molar-refractivity contribution in [2.45, 2.75) is 26.3 Å². The van der Waals surface area contributed by atoms with E-state index in [1.807, 2.05) is 17.0 Å². The zero-order chi connectivity index (χ0) is 13.8. The highest BCUT2D eigenvalue weighted by molar-refractivity contribution is 5.73. The highest BCUT2D eigenvalue weighted by atomic mass is 16.2. The number of nitrogen functional groups attached to an aromatic ring is 1. The van der Waals surface area contributed by atoms with Crippen molar-refractivity contribution < 1.29 is 4.79 Å². The number of hydrogen-bond acceptors (Lipinski definition) is 3. The third-order valence-electron chi connectivity index (χ3n) is 3.89. The Kier molecular flexibility index (Phi) is 4.43. The number of nitrogens with two attached hydrogens (primary N) is 1. The van der Waals surface area contributed by atoms with Crippen LogP contribution in [0.25, 0.3) is 0 Å². The van der Waals surface area contributed by atoms with Crippen LogP contribution in [0, 0.1) is 0 Å². The lowest BCUT2D eigenvalue weighted by atomic mass is 10.0. The summed E-state index contributed by atoms with van der Waals surface area (Å²) in [5, 5.41) is 0. The number of anilines is 1. The Morgan fingerprint density at radius 3 is 2.32 bits per heavy atom. The number of rotatable bonds is 3. The number of hydrogen-bond donors (Lipinski definition) is 1. The number of nitrogens with zero attached hydrogens (tertiary/aromatic N) is 2. The zero-order valence-electron chi connectivity index (χ0n) is 11.8. The van der Waals surface area contributed by atoms with Gasteiger partial charge in [-0.25, -0.2) is 0 Å². The summed E-state index contributed by atoms with van der Waals surface area (Å²) in [6.45, 7) is 7.53. The van der Waals surface area contributed by atoms with E-state index < -0.39 is 0 Å². The van der Waals surface area contributed by atoms with E-state index in [-0.39, 0.29) is 5.91 Å². The van der Waals surface area contributed by atoms with Gasteiger partial charge < -0.3 is 10.6 Å². The van der Waals surface area contributed by atoms with Gasteiger partial charge in [-0.2, -0.15) is 0 Å². The van der Waals surface area contributed by atoms with E-state index in [4.69, 9.17) is 5.73 Å². The summed E-state index contributed by atoms with van der Waals surface area (Å²) in [5.41, 5.74) is 7.82. The largest absolute Gasteiger partial charge is 0.399 e. The van der Waals surface area contributed by atoms with Crippen molar-refractivity contribution in [3.63, 3.8) is 0 Å². The maximum atomic E-state index is 11.3. The first-order valence-corrected chi connectivity index (χ1v) is 6.90. The standard InChI is InChI=1S/C15H23N3O/c1-12(11-14-3-5-15(16)6-4-14)17-7-9-18(10-8-17)13(2)19/h3-6,12H,7-11,16H2,1-2H3. The summed E-state index contributed by atoms with van der Waals surface area (Å²) in [4.78, 5) is 15.7. The predicted octanol–water partition coefficient (Wildman–Crippen LogP) is 1.36. The topological polar surface area (TPSA) is 49.6 Å².